The number of amides is 1. The van der Waals surface area contributed by atoms with Gasteiger partial charge < -0.3 is 5.11 Å². The van der Waals surface area contributed by atoms with Gasteiger partial charge in [0.1, 0.15) is 5.82 Å². The Kier molecular flexibility index (Phi) is 3.17. The zero-order valence-corrected chi connectivity index (χ0v) is 11.4. The second-order valence-electron chi connectivity index (χ2n) is 5.00. The average molecular weight is 286 g/mol. The maximum atomic E-state index is 12.0. The van der Waals surface area contributed by atoms with E-state index >= 15 is 0 Å². The van der Waals surface area contributed by atoms with Crippen molar-refractivity contribution < 1.29 is 14.7 Å². The average Bonchev–Trinajstić information content (AvgIpc) is 3.03. The molecule has 21 heavy (non-hydrogen) atoms. The molecule has 0 aromatic carbocycles. The summed E-state index contributed by atoms with van der Waals surface area (Å²) in [5.74, 6) is -1.19. The number of carboxylic acids is 1. The Morgan fingerprint density at radius 2 is 2.29 bits per heavy atom. The van der Waals surface area contributed by atoms with E-state index in [1.807, 2.05) is 12.1 Å². The molecule has 0 bridgehead atoms. The molecule has 1 N–H and O–H groups in total. The number of pyridine rings is 1. The monoisotopic (exact) mass is 286 g/mol. The van der Waals surface area contributed by atoms with Crippen molar-refractivity contribution in [1.29, 1.82) is 0 Å². The summed E-state index contributed by atoms with van der Waals surface area (Å²) >= 11 is 0. The molecule has 7 nitrogen and oxygen atoms in total. The van der Waals surface area contributed by atoms with E-state index in [9.17, 15) is 9.59 Å². The van der Waals surface area contributed by atoms with Crippen molar-refractivity contribution in [1.82, 2.24) is 14.8 Å². The summed E-state index contributed by atoms with van der Waals surface area (Å²) < 4.78 is 1.59. The van der Waals surface area contributed by atoms with Gasteiger partial charge in [-0.3, -0.25) is 24.2 Å². The molecule has 1 amide bonds. The number of nitrogens with zero attached hydrogens (tertiary/aromatic N) is 4. The predicted octanol–water partition coefficient (Wildman–Crippen LogP) is 0.920. The van der Waals surface area contributed by atoms with Gasteiger partial charge in [-0.2, -0.15) is 5.10 Å². The van der Waals surface area contributed by atoms with Crippen LogP contribution >= 0.6 is 0 Å². The number of rotatable bonds is 3. The van der Waals surface area contributed by atoms with Crippen LogP contribution in [0.4, 0.5) is 5.82 Å². The number of aromatic nitrogens is 3. The first kappa shape index (κ1) is 13.3. The van der Waals surface area contributed by atoms with Gasteiger partial charge in [0.25, 0.3) is 0 Å². The number of hydrogen-bond donors (Lipinski definition) is 1. The number of aryl methyl sites for hydroxylation is 1. The van der Waals surface area contributed by atoms with Gasteiger partial charge >= 0.3 is 5.97 Å². The largest absolute Gasteiger partial charge is 0.481 e. The third-order valence-corrected chi connectivity index (χ3v) is 3.56. The highest BCUT2D eigenvalue weighted by Gasteiger charge is 2.36. The lowest BCUT2D eigenvalue weighted by atomic mass is 10.1. The summed E-state index contributed by atoms with van der Waals surface area (Å²) in [7, 11) is 1.73. The van der Waals surface area contributed by atoms with Gasteiger partial charge in [-0.15, -0.1) is 0 Å². The van der Waals surface area contributed by atoms with E-state index in [1.54, 1.807) is 30.2 Å². The van der Waals surface area contributed by atoms with Crippen LogP contribution in [0.5, 0.6) is 0 Å². The molecule has 7 heteroatoms. The molecule has 1 unspecified atom stereocenters. The number of anilines is 1. The second-order valence-corrected chi connectivity index (χ2v) is 5.00. The highest BCUT2D eigenvalue weighted by Crippen LogP contribution is 2.28. The van der Waals surface area contributed by atoms with E-state index in [-0.39, 0.29) is 18.9 Å². The molecule has 108 valence electrons. The minimum absolute atomic E-state index is 0.0305. The molecule has 0 aliphatic carbocycles. The molecule has 2 aromatic rings. The van der Waals surface area contributed by atoms with Crippen molar-refractivity contribution in [3.63, 3.8) is 0 Å². The summed E-state index contributed by atoms with van der Waals surface area (Å²) in [5.41, 5.74) is 1.55. The van der Waals surface area contributed by atoms with Crippen LogP contribution in [0.25, 0.3) is 11.3 Å². The van der Waals surface area contributed by atoms with Crippen molar-refractivity contribution in [2.75, 3.05) is 11.4 Å². The second kappa shape index (κ2) is 5.01. The van der Waals surface area contributed by atoms with Crippen molar-refractivity contribution in [3.8, 4) is 11.3 Å². The Morgan fingerprint density at radius 1 is 1.48 bits per heavy atom. The molecule has 3 rings (SSSR count). The molecule has 1 aliphatic heterocycles. The summed E-state index contributed by atoms with van der Waals surface area (Å²) in [5, 5.41) is 13.4. The van der Waals surface area contributed by atoms with Crippen LogP contribution in [0.3, 0.4) is 0 Å². The van der Waals surface area contributed by atoms with E-state index in [0.29, 0.717) is 11.5 Å². The van der Waals surface area contributed by atoms with Crippen molar-refractivity contribution >= 4 is 17.7 Å². The molecule has 1 atom stereocenters. The molecule has 0 radical (unpaired) electrons. The Hall–Kier alpha value is -2.70. The first-order chi connectivity index (χ1) is 10.1. The molecular weight excluding hydrogens is 272 g/mol. The molecular formula is C14H14N4O3. The number of carboxylic acid groups (broad SMARTS) is 1. The minimum Gasteiger partial charge on any atom is -0.481 e. The van der Waals surface area contributed by atoms with Crippen molar-refractivity contribution in [2.45, 2.75) is 6.42 Å². The lowest BCUT2D eigenvalue weighted by molar-refractivity contribution is -0.141. The fourth-order valence-electron chi connectivity index (χ4n) is 2.46. The Labute approximate surface area is 120 Å². The van der Waals surface area contributed by atoms with Crippen molar-refractivity contribution in [2.24, 2.45) is 13.0 Å². The molecule has 0 saturated carbocycles. The molecule has 1 aliphatic rings. The van der Waals surface area contributed by atoms with E-state index in [0.717, 1.165) is 5.56 Å². The highest BCUT2D eigenvalue weighted by molar-refractivity contribution is 5.98. The zero-order valence-electron chi connectivity index (χ0n) is 11.4. The lowest BCUT2D eigenvalue weighted by Crippen LogP contribution is -2.27. The lowest BCUT2D eigenvalue weighted by Gasteiger charge is -2.15. The summed E-state index contributed by atoms with van der Waals surface area (Å²) in [6.07, 6.45) is 3.40. The Bertz CT molecular complexity index is 695. The van der Waals surface area contributed by atoms with Crippen LogP contribution in [0.2, 0.25) is 0 Å². The standard InChI is InChI=1S/C14H14N4O3/c1-17-12(18-8-10(14(20)21)5-13(18)19)6-11(16-17)9-3-2-4-15-7-9/h2-4,6-7,10H,5,8H2,1H3,(H,20,21). The molecule has 3 heterocycles. The van der Waals surface area contributed by atoms with Crippen LogP contribution in [0.1, 0.15) is 6.42 Å². The summed E-state index contributed by atoms with van der Waals surface area (Å²) in [6, 6.07) is 5.47. The van der Waals surface area contributed by atoms with Crippen LogP contribution in [0.15, 0.2) is 30.6 Å². The number of aliphatic carboxylic acids is 1. The fraction of sp³-hybridized carbons (Fsp3) is 0.286. The van der Waals surface area contributed by atoms with Gasteiger partial charge in [-0.1, -0.05) is 0 Å². The van der Waals surface area contributed by atoms with E-state index in [2.05, 4.69) is 10.1 Å². The van der Waals surface area contributed by atoms with Crippen LogP contribution in [0, 0.1) is 5.92 Å². The quantitative estimate of drug-likeness (QED) is 0.906. The highest BCUT2D eigenvalue weighted by atomic mass is 16.4. The zero-order chi connectivity index (χ0) is 15.0. The number of carbonyl (C=O) groups excluding carboxylic acids is 1. The third kappa shape index (κ3) is 2.37. The third-order valence-electron chi connectivity index (χ3n) is 3.56. The van der Waals surface area contributed by atoms with Gasteiger partial charge in [0.15, 0.2) is 0 Å². The molecule has 1 saturated heterocycles. The first-order valence-corrected chi connectivity index (χ1v) is 6.54. The van der Waals surface area contributed by atoms with Gasteiger partial charge in [0.2, 0.25) is 5.91 Å². The normalized spacial score (nSPS) is 18.2. The van der Waals surface area contributed by atoms with Gasteiger partial charge in [0.05, 0.1) is 11.6 Å². The minimum atomic E-state index is -0.944. The van der Waals surface area contributed by atoms with Crippen LogP contribution < -0.4 is 4.90 Å². The number of hydrogen-bond acceptors (Lipinski definition) is 4. The maximum Gasteiger partial charge on any atom is 0.308 e. The predicted molar refractivity (Wildman–Crippen MR) is 74.5 cm³/mol. The van der Waals surface area contributed by atoms with Gasteiger partial charge in [-0.25, -0.2) is 0 Å². The summed E-state index contributed by atoms with van der Waals surface area (Å²) in [6.45, 7) is 0.181. The first-order valence-electron chi connectivity index (χ1n) is 6.54. The van der Waals surface area contributed by atoms with Crippen molar-refractivity contribution in [3.05, 3.63) is 30.6 Å². The molecule has 1 fully saturated rings. The van der Waals surface area contributed by atoms with E-state index < -0.39 is 11.9 Å². The van der Waals surface area contributed by atoms with Crippen LogP contribution in [-0.2, 0) is 16.6 Å². The Balaban J connectivity index is 1.92. The topological polar surface area (TPSA) is 88.3 Å². The van der Waals surface area contributed by atoms with E-state index in [1.165, 1.54) is 4.90 Å². The number of carbonyl (C=O) groups is 2. The SMILES string of the molecule is Cn1nc(-c2cccnc2)cc1N1CC(C(=O)O)CC1=O. The smallest absolute Gasteiger partial charge is 0.308 e. The molecule has 2 aromatic heterocycles. The van der Waals surface area contributed by atoms with E-state index in [4.69, 9.17) is 5.11 Å². The molecule has 0 spiro atoms. The Morgan fingerprint density at radius 3 is 2.90 bits per heavy atom. The summed E-state index contributed by atoms with van der Waals surface area (Å²) in [4.78, 5) is 28.5. The van der Waals surface area contributed by atoms with Gasteiger partial charge in [-0.05, 0) is 12.1 Å². The fourth-order valence-corrected chi connectivity index (χ4v) is 2.46. The maximum absolute atomic E-state index is 12.0. The van der Waals surface area contributed by atoms with Crippen LogP contribution in [-0.4, -0.2) is 38.3 Å². The van der Waals surface area contributed by atoms with Gasteiger partial charge in [0, 0.05) is 44.0 Å².